The van der Waals surface area contributed by atoms with Gasteiger partial charge < -0.3 is 30.5 Å². The molecule has 10 heteroatoms. The van der Waals surface area contributed by atoms with Gasteiger partial charge in [-0.2, -0.15) is 0 Å². The highest BCUT2D eigenvalue weighted by Gasteiger charge is 2.47. The van der Waals surface area contributed by atoms with E-state index in [4.69, 9.17) is 20.4 Å². The number of amides is 1. The number of benzene rings is 1. The molecule has 0 atom stereocenters. The van der Waals surface area contributed by atoms with E-state index in [0.717, 1.165) is 82.3 Å². The highest BCUT2D eigenvalue weighted by atomic mass is 16.5. The van der Waals surface area contributed by atoms with Gasteiger partial charge >= 0.3 is 0 Å². The maximum Gasteiger partial charge on any atom is 0.271 e. The first-order valence-corrected chi connectivity index (χ1v) is 13.3. The number of nitrogens with one attached hydrogen (secondary N) is 1. The highest BCUT2D eigenvalue weighted by molar-refractivity contribution is 5.98. The Balaban J connectivity index is 1.35. The fourth-order valence-corrected chi connectivity index (χ4v) is 5.68. The average Bonchev–Trinajstić information content (AvgIpc) is 2.94. The van der Waals surface area contributed by atoms with Crippen LogP contribution in [0.25, 0.3) is 11.3 Å². The molecule has 3 aliphatic heterocycles. The highest BCUT2D eigenvalue weighted by Crippen LogP contribution is 2.45. The molecule has 2 aromatic heterocycles. The van der Waals surface area contributed by atoms with Crippen LogP contribution in [0, 0.1) is 0 Å². The quantitative estimate of drug-likeness (QED) is 0.513. The van der Waals surface area contributed by atoms with Gasteiger partial charge in [-0.05, 0) is 62.7 Å². The minimum atomic E-state index is -0.625. The summed E-state index contributed by atoms with van der Waals surface area (Å²) >= 11 is 0. The largest absolute Gasteiger partial charge is 0.381 e. The van der Waals surface area contributed by atoms with Gasteiger partial charge in [-0.25, -0.2) is 9.97 Å². The number of ether oxygens (including phenoxy) is 1. The van der Waals surface area contributed by atoms with Crippen molar-refractivity contribution in [1.29, 1.82) is 0 Å². The van der Waals surface area contributed by atoms with Gasteiger partial charge in [-0.1, -0.05) is 0 Å². The lowest BCUT2D eigenvalue weighted by atomic mass is 9.77. The monoisotopic (exact) mass is 514 g/mol. The maximum atomic E-state index is 12.6. The third-order valence-electron chi connectivity index (χ3n) is 8.12. The van der Waals surface area contributed by atoms with Crippen molar-refractivity contribution in [3.8, 4) is 11.3 Å². The van der Waals surface area contributed by atoms with Gasteiger partial charge in [0.25, 0.3) is 5.91 Å². The maximum absolute atomic E-state index is 12.6. The minimum Gasteiger partial charge on any atom is -0.381 e. The van der Waals surface area contributed by atoms with Crippen molar-refractivity contribution in [3.05, 3.63) is 54.5 Å². The lowest BCUT2D eigenvalue weighted by Gasteiger charge is -2.55. The molecule has 1 aromatic carbocycles. The van der Waals surface area contributed by atoms with E-state index in [1.807, 2.05) is 24.3 Å². The average molecular weight is 515 g/mol. The first-order valence-electron chi connectivity index (χ1n) is 13.3. The number of aromatic nitrogens is 3. The molecule has 6 rings (SSSR count). The molecule has 38 heavy (non-hydrogen) atoms. The Morgan fingerprint density at radius 3 is 2.29 bits per heavy atom. The smallest absolute Gasteiger partial charge is 0.271 e. The summed E-state index contributed by atoms with van der Waals surface area (Å²) in [6, 6.07) is 12.0. The summed E-state index contributed by atoms with van der Waals surface area (Å²) in [4.78, 5) is 33.6. The molecule has 0 radical (unpaired) electrons. The molecule has 0 unspecified atom stereocenters. The van der Waals surface area contributed by atoms with Crippen LogP contribution in [0.1, 0.15) is 29.8 Å². The summed E-state index contributed by atoms with van der Waals surface area (Å²) in [5.74, 6) is 0.498. The van der Waals surface area contributed by atoms with Crippen LogP contribution in [0.15, 0.2) is 48.8 Å². The fraction of sp³-hybridized carbons (Fsp3) is 0.429. The number of nitrogens with two attached hydrogens (primary N) is 1. The predicted octanol–water partition coefficient (Wildman–Crippen LogP) is 2.89. The topological polar surface area (TPSA) is 113 Å². The van der Waals surface area contributed by atoms with Crippen molar-refractivity contribution in [1.82, 2.24) is 19.9 Å². The van der Waals surface area contributed by atoms with Gasteiger partial charge in [0.05, 0.1) is 0 Å². The van der Waals surface area contributed by atoms with Crippen molar-refractivity contribution in [2.75, 3.05) is 68.1 Å². The molecular formula is C28H34N8O2. The van der Waals surface area contributed by atoms with Crippen molar-refractivity contribution in [2.24, 2.45) is 5.73 Å². The zero-order chi connectivity index (χ0) is 26.1. The molecule has 1 spiro atoms. The number of carbonyl (C=O) groups excluding carboxylic acids is 1. The van der Waals surface area contributed by atoms with Crippen molar-refractivity contribution >= 4 is 28.9 Å². The summed E-state index contributed by atoms with van der Waals surface area (Å²) in [5, 5.41) is 3.34. The van der Waals surface area contributed by atoms with Crippen LogP contribution in [0.2, 0.25) is 0 Å². The van der Waals surface area contributed by atoms with Crippen molar-refractivity contribution in [3.63, 3.8) is 0 Å². The second-order valence-electron chi connectivity index (χ2n) is 10.4. The molecule has 198 valence electrons. The van der Waals surface area contributed by atoms with Crippen LogP contribution in [0.3, 0.4) is 0 Å². The molecule has 1 amide bonds. The van der Waals surface area contributed by atoms with Crippen molar-refractivity contribution in [2.45, 2.75) is 24.8 Å². The Morgan fingerprint density at radius 2 is 1.66 bits per heavy atom. The molecular weight excluding hydrogens is 480 g/mol. The van der Waals surface area contributed by atoms with E-state index < -0.39 is 5.91 Å². The Morgan fingerprint density at radius 1 is 0.947 bits per heavy atom. The number of hydrogen-bond donors (Lipinski definition) is 2. The van der Waals surface area contributed by atoms with Crippen LogP contribution in [-0.4, -0.2) is 84.3 Å². The Labute approximate surface area is 222 Å². The summed E-state index contributed by atoms with van der Waals surface area (Å²) in [6.07, 6.45) is 6.41. The van der Waals surface area contributed by atoms with E-state index in [9.17, 15) is 4.79 Å². The second kappa shape index (κ2) is 10.2. The van der Waals surface area contributed by atoms with E-state index in [1.54, 1.807) is 12.4 Å². The zero-order valence-electron chi connectivity index (χ0n) is 21.8. The summed E-state index contributed by atoms with van der Waals surface area (Å²) in [6.45, 7) is 6.45. The van der Waals surface area contributed by atoms with Crippen LogP contribution >= 0.6 is 0 Å². The first-order chi connectivity index (χ1) is 18.5. The first kappa shape index (κ1) is 24.6. The van der Waals surface area contributed by atoms with Crippen LogP contribution in [0.4, 0.5) is 23.0 Å². The number of pyridine rings is 1. The predicted molar refractivity (Wildman–Crippen MR) is 148 cm³/mol. The molecule has 10 nitrogen and oxygen atoms in total. The third-order valence-corrected chi connectivity index (χ3v) is 8.12. The van der Waals surface area contributed by atoms with Crippen molar-refractivity contribution < 1.29 is 9.53 Å². The van der Waals surface area contributed by atoms with Crippen LogP contribution in [-0.2, 0) is 4.74 Å². The lowest BCUT2D eigenvalue weighted by Crippen LogP contribution is -2.63. The summed E-state index contributed by atoms with van der Waals surface area (Å²) in [7, 11) is 2.15. The van der Waals surface area contributed by atoms with Crippen LogP contribution in [0.5, 0.6) is 0 Å². The van der Waals surface area contributed by atoms with Gasteiger partial charge in [0.1, 0.15) is 5.69 Å². The lowest BCUT2D eigenvalue weighted by molar-refractivity contribution is 0.0285. The SMILES string of the molecule is CN1CCN(c2ccc(Nc3nc(N4CCC45CCOCC5)c(-c4ccncc4)nc3C(N)=O)cc2)CC1. The molecule has 3 fully saturated rings. The number of rotatable bonds is 6. The number of hydrogen-bond acceptors (Lipinski definition) is 9. The number of likely N-dealkylation sites (N-methyl/N-ethyl adjacent to an activating group) is 1. The molecule has 3 saturated heterocycles. The Kier molecular flexibility index (Phi) is 6.59. The second-order valence-corrected chi connectivity index (χ2v) is 10.4. The number of primary amides is 1. The van der Waals surface area contributed by atoms with Gasteiger partial charge in [0.2, 0.25) is 0 Å². The molecule has 0 bridgehead atoms. The molecule has 3 aromatic rings. The molecule has 0 aliphatic carbocycles. The fourth-order valence-electron chi connectivity index (χ4n) is 5.68. The molecule has 0 saturated carbocycles. The Bertz CT molecular complexity index is 1290. The van der Waals surface area contributed by atoms with E-state index in [1.165, 1.54) is 5.69 Å². The summed E-state index contributed by atoms with van der Waals surface area (Å²) < 4.78 is 5.66. The van der Waals surface area contributed by atoms with Crippen LogP contribution < -0.4 is 20.9 Å². The molecule has 3 aliphatic rings. The number of piperazine rings is 1. The van der Waals surface area contributed by atoms with Gasteiger partial charge in [0.15, 0.2) is 17.3 Å². The van der Waals surface area contributed by atoms with Gasteiger partial charge in [-0.3, -0.25) is 9.78 Å². The van der Waals surface area contributed by atoms with E-state index >= 15 is 0 Å². The standard InChI is InChI=1S/C28H34N8O2/c1-34-14-16-35(17-15-34)22-4-2-21(3-5-22)31-26-24(25(29)37)32-23(20-6-11-30-12-7-20)27(33-26)36-13-8-28(36)9-18-38-19-10-28/h2-7,11-12H,8-10,13-19H2,1H3,(H2,29,37)(H,31,33). The number of nitrogens with zero attached hydrogens (tertiary/aromatic N) is 6. The Hall–Kier alpha value is -3.76. The molecule has 5 heterocycles. The number of anilines is 4. The summed E-state index contributed by atoms with van der Waals surface area (Å²) in [5.41, 5.74) is 9.44. The van der Waals surface area contributed by atoms with Gasteiger partial charge in [0, 0.05) is 80.8 Å². The van der Waals surface area contributed by atoms with Gasteiger partial charge in [-0.15, -0.1) is 0 Å². The minimum absolute atomic E-state index is 0.00435. The number of carbonyl (C=O) groups is 1. The zero-order valence-corrected chi connectivity index (χ0v) is 21.8. The normalized spacial score (nSPS) is 19.3. The van der Waals surface area contributed by atoms with E-state index in [0.29, 0.717) is 11.5 Å². The third kappa shape index (κ3) is 4.65. The molecule has 3 N–H and O–H groups in total. The van der Waals surface area contributed by atoms with E-state index in [-0.39, 0.29) is 11.2 Å². The van der Waals surface area contributed by atoms with E-state index in [2.05, 4.69) is 44.2 Å².